The summed E-state index contributed by atoms with van der Waals surface area (Å²) in [6, 6.07) is 10.7. The van der Waals surface area contributed by atoms with Gasteiger partial charge in [0.25, 0.3) is 11.6 Å². The van der Waals surface area contributed by atoms with E-state index in [9.17, 15) is 23.3 Å². The van der Waals surface area contributed by atoms with Gasteiger partial charge in [-0.1, -0.05) is 17.7 Å². The number of sulfonamides is 1. The summed E-state index contributed by atoms with van der Waals surface area (Å²) in [5, 5.41) is 22.6. The molecule has 1 aliphatic carbocycles. The minimum Gasteiger partial charge on any atom is -0.351 e. The second-order valence-corrected chi connectivity index (χ2v) is 11.6. The van der Waals surface area contributed by atoms with Gasteiger partial charge in [0.05, 0.1) is 38.4 Å². The molecule has 0 unspecified atom stereocenters. The molecule has 0 aromatic heterocycles. The minimum absolute atomic E-state index is 0.00161. The van der Waals surface area contributed by atoms with Crippen molar-refractivity contribution in [2.75, 3.05) is 17.2 Å². The van der Waals surface area contributed by atoms with Crippen LogP contribution in [-0.2, 0) is 14.9 Å². The zero-order chi connectivity index (χ0) is 27.6. The number of nitro benzene ring substituents is 1. The van der Waals surface area contributed by atoms with Gasteiger partial charge in [-0.2, -0.15) is 0 Å². The van der Waals surface area contributed by atoms with Crippen molar-refractivity contribution < 1.29 is 27.4 Å². The number of anilines is 4. The Morgan fingerprint density at radius 3 is 2.55 bits per heavy atom. The summed E-state index contributed by atoms with van der Waals surface area (Å²) in [6.07, 6.45) is 1.92. The quantitative estimate of drug-likeness (QED) is 0.129. The maximum absolute atomic E-state index is 16.1. The van der Waals surface area contributed by atoms with Crippen LogP contribution in [0.15, 0.2) is 53.4 Å². The maximum Gasteiger partial charge on any atom is 0.296 e. The molecule has 4 rings (SSSR count). The zero-order valence-corrected chi connectivity index (χ0v) is 23.1. The average molecular weight is 676 g/mol. The summed E-state index contributed by atoms with van der Waals surface area (Å²) in [7, 11) is -4.10. The molecule has 0 bridgehead atoms. The van der Waals surface area contributed by atoms with Gasteiger partial charge in [0.2, 0.25) is 10.0 Å². The van der Waals surface area contributed by atoms with Crippen LogP contribution in [0, 0.1) is 25.4 Å². The number of nitrogens with two attached hydrogens (primary N) is 1. The van der Waals surface area contributed by atoms with E-state index in [1.807, 2.05) is 22.6 Å². The first-order valence-electron chi connectivity index (χ1n) is 11.0. The number of carbonyl (C=O) groups is 1. The summed E-state index contributed by atoms with van der Waals surface area (Å²) < 4.78 is 40.3. The van der Waals surface area contributed by atoms with Crippen LogP contribution >= 0.6 is 34.2 Å². The van der Waals surface area contributed by atoms with E-state index in [0.29, 0.717) is 5.92 Å². The molecule has 0 radical (unpaired) electrons. The Bertz CT molecular complexity index is 1540. The van der Waals surface area contributed by atoms with Crippen LogP contribution in [0.4, 0.5) is 32.8 Å². The number of primary sulfonamides is 1. The van der Waals surface area contributed by atoms with E-state index >= 15 is 4.39 Å². The van der Waals surface area contributed by atoms with Gasteiger partial charge in [-0.15, -0.1) is 0 Å². The highest BCUT2D eigenvalue weighted by atomic mass is 127. The van der Waals surface area contributed by atoms with Gasteiger partial charge < -0.3 is 10.6 Å². The summed E-state index contributed by atoms with van der Waals surface area (Å²) in [4.78, 5) is 28.9. The Hall–Kier alpha value is -3.05. The predicted molar refractivity (Wildman–Crippen MR) is 148 cm³/mol. The second-order valence-electron chi connectivity index (χ2n) is 8.40. The molecule has 1 aliphatic rings. The summed E-state index contributed by atoms with van der Waals surface area (Å²) in [6.45, 7) is 0.252. The lowest BCUT2D eigenvalue weighted by atomic mass is 10.1. The van der Waals surface area contributed by atoms with Crippen LogP contribution in [0.3, 0.4) is 0 Å². The lowest BCUT2D eigenvalue weighted by molar-refractivity contribution is -0.384. The molecular weight excluding hydrogens is 656 g/mol. The number of nitrogens with one attached hydrogen (secondary N) is 3. The standard InChI is InChI=1S/C23H20ClFIN5O6S/c24-17-8-13(26)6-7-18(17)29-21-16(23(32)30-37-11-12-4-5-12)10-19(31(33)34)22(20(21)25)28-14-2-1-3-15(9-14)38(27,35)36/h1-3,6-10,12,28-29H,4-5,11H2,(H,30,32)(H2,27,35,36). The Morgan fingerprint density at radius 1 is 1.18 bits per heavy atom. The van der Waals surface area contributed by atoms with Crippen LogP contribution < -0.4 is 21.3 Å². The fourth-order valence-electron chi connectivity index (χ4n) is 3.39. The lowest BCUT2D eigenvalue weighted by Crippen LogP contribution is -2.26. The van der Waals surface area contributed by atoms with E-state index in [1.165, 1.54) is 18.2 Å². The molecule has 1 fully saturated rings. The van der Waals surface area contributed by atoms with E-state index in [2.05, 4.69) is 16.1 Å². The third-order valence-corrected chi connectivity index (χ3v) is 7.39. The molecule has 0 saturated heterocycles. The molecule has 3 aromatic carbocycles. The lowest BCUT2D eigenvalue weighted by Gasteiger charge is -2.18. The zero-order valence-electron chi connectivity index (χ0n) is 19.3. The molecule has 1 saturated carbocycles. The van der Waals surface area contributed by atoms with Crippen molar-refractivity contribution in [2.45, 2.75) is 17.7 Å². The van der Waals surface area contributed by atoms with Gasteiger partial charge in [0.1, 0.15) is 0 Å². The number of halogens is 3. The van der Waals surface area contributed by atoms with Crippen LogP contribution in [0.5, 0.6) is 0 Å². The van der Waals surface area contributed by atoms with Gasteiger partial charge in [-0.3, -0.25) is 19.7 Å². The van der Waals surface area contributed by atoms with Crippen LogP contribution in [-0.4, -0.2) is 25.9 Å². The number of amides is 1. The summed E-state index contributed by atoms with van der Waals surface area (Å²) in [5.41, 5.74) is 0.197. The van der Waals surface area contributed by atoms with E-state index in [4.69, 9.17) is 21.6 Å². The van der Waals surface area contributed by atoms with Crippen molar-refractivity contribution in [3.05, 3.63) is 78.6 Å². The highest BCUT2D eigenvalue weighted by Gasteiger charge is 2.30. The molecule has 0 spiro atoms. The Labute approximate surface area is 235 Å². The molecule has 0 aliphatic heterocycles. The monoisotopic (exact) mass is 675 g/mol. The molecule has 15 heteroatoms. The third kappa shape index (κ3) is 6.68. The predicted octanol–water partition coefficient (Wildman–Crippen LogP) is 5.20. The van der Waals surface area contributed by atoms with Gasteiger partial charge in [0, 0.05) is 15.3 Å². The number of hydroxylamine groups is 1. The van der Waals surface area contributed by atoms with E-state index in [-0.39, 0.29) is 27.9 Å². The third-order valence-electron chi connectivity index (χ3n) is 5.49. The number of carbonyl (C=O) groups excluding carboxylic acids is 1. The number of hydrogen-bond donors (Lipinski definition) is 4. The van der Waals surface area contributed by atoms with E-state index in [0.717, 1.165) is 28.5 Å². The molecule has 0 heterocycles. The Kier molecular flexibility index (Phi) is 8.37. The highest BCUT2D eigenvalue weighted by Crippen LogP contribution is 2.40. The molecule has 200 valence electrons. The Morgan fingerprint density at radius 2 is 1.92 bits per heavy atom. The molecule has 5 N–H and O–H groups in total. The maximum atomic E-state index is 16.1. The second kappa shape index (κ2) is 11.4. The summed E-state index contributed by atoms with van der Waals surface area (Å²) in [5.74, 6) is -1.80. The summed E-state index contributed by atoms with van der Waals surface area (Å²) >= 11 is 8.33. The first-order valence-corrected chi connectivity index (χ1v) is 14.0. The molecule has 0 atom stereocenters. The van der Waals surface area contributed by atoms with Crippen LogP contribution in [0.25, 0.3) is 0 Å². The molecule has 11 nitrogen and oxygen atoms in total. The number of rotatable bonds is 10. The van der Waals surface area contributed by atoms with Crippen molar-refractivity contribution in [3.8, 4) is 0 Å². The molecule has 3 aromatic rings. The van der Waals surface area contributed by atoms with E-state index < -0.39 is 49.3 Å². The average Bonchev–Trinajstić information content (AvgIpc) is 3.67. The van der Waals surface area contributed by atoms with Crippen molar-refractivity contribution in [3.63, 3.8) is 0 Å². The van der Waals surface area contributed by atoms with Crippen molar-refractivity contribution in [1.82, 2.24) is 5.48 Å². The first kappa shape index (κ1) is 28.0. The number of nitro groups is 1. The van der Waals surface area contributed by atoms with Crippen LogP contribution in [0.2, 0.25) is 5.02 Å². The number of hydrogen-bond acceptors (Lipinski definition) is 8. The van der Waals surface area contributed by atoms with Gasteiger partial charge in [0.15, 0.2) is 11.5 Å². The van der Waals surface area contributed by atoms with Crippen LogP contribution in [0.1, 0.15) is 23.2 Å². The Balaban J connectivity index is 1.81. The molecule has 1 amide bonds. The van der Waals surface area contributed by atoms with Crippen molar-refractivity contribution in [1.29, 1.82) is 0 Å². The first-order chi connectivity index (χ1) is 17.9. The highest BCUT2D eigenvalue weighted by molar-refractivity contribution is 14.1. The fraction of sp³-hybridized carbons (Fsp3) is 0.174. The normalized spacial score (nSPS) is 13.2. The van der Waals surface area contributed by atoms with E-state index in [1.54, 1.807) is 18.2 Å². The van der Waals surface area contributed by atoms with Gasteiger partial charge in [-0.25, -0.2) is 23.4 Å². The topological polar surface area (TPSA) is 166 Å². The minimum atomic E-state index is -4.10. The number of benzene rings is 3. The number of nitrogens with zero attached hydrogens (tertiary/aromatic N) is 1. The van der Waals surface area contributed by atoms with Crippen molar-refractivity contribution >= 4 is 78.6 Å². The SMILES string of the molecule is NS(=O)(=O)c1cccc(Nc2c([N+](=O)[O-])cc(C(=O)NOCC3CC3)c(Nc3ccc(I)cc3Cl)c2F)c1. The van der Waals surface area contributed by atoms with Gasteiger partial charge in [-0.05, 0) is 77.7 Å². The smallest absolute Gasteiger partial charge is 0.296 e. The molecular formula is C23H20ClFIN5O6S. The van der Waals surface area contributed by atoms with Crippen molar-refractivity contribution in [2.24, 2.45) is 11.1 Å². The van der Waals surface area contributed by atoms with Gasteiger partial charge >= 0.3 is 0 Å². The fourth-order valence-corrected chi connectivity index (χ4v) is 4.85. The molecule has 38 heavy (non-hydrogen) atoms. The largest absolute Gasteiger partial charge is 0.351 e.